The fourth-order valence-electron chi connectivity index (χ4n) is 8.61. The van der Waals surface area contributed by atoms with E-state index in [1.165, 1.54) is 180 Å². The third-order valence-corrected chi connectivity index (χ3v) is 13.1. The van der Waals surface area contributed by atoms with Crippen molar-refractivity contribution < 1.29 is 28.6 Å². The summed E-state index contributed by atoms with van der Waals surface area (Å²) in [7, 11) is 0. The van der Waals surface area contributed by atoms with Crippen LogP contribution in [0.4, 0.5) is 0 Å². The average molecular weight is 966 g/mol. The minimum Gasteiger partial charge on any atom is -0.462 e. The number of rotatable bonds is 54. The predicted octanol–water partition coefficient (Wildman–Crippen LogP) is 20.0. The monoisotopic (exact) mass is 965 g/mol. The molecule has 1 unspecified atom stereocenters. The van der Waals surface area contributed by atoms with E-state index in [-0.39, 0.29) is 31.1 Å². The Hall–Kier alpha value is -2.89. The molecule has 0 amide bonds. The molecule has 0 heterocycles. The quantitative estimate of drug-likeness (QED) is 0.0262. The number of esters is 3. The standard InChI is InChI=1S/C63H112O6/c1-4-7-10-13-16-19-22-25-27-29-31-33-35-38-41-44-47-50-53-56-62(65)68-59-60(58-67-61(64)55-52-49-46-43-40-37-24-21-18-15-12-9-6-3)69-63(66)57-54-51-48-45-42-39-36-34-32-30-28-26-23-20-17-14-11-8-5-2/h9,12,15-16,18-19,21-22,24-25,60H,4-8,10-11,13-14,17,20,23,26-59H2,1-3H3/b12-9+,18-15+,19-16+,24-21+,25-22+. The lowest BCUT2D eigenvalue weighted by Crippen LogP contribution is -2.30. The van der Waals surface area contributed by atoms with E-state index in [1.54, 1.807) is 0 Å². The highest BCUT2D eigenvalue weighted by Gasteiger charge is 2.19. The van der Waals surface area contributed by atoms with Crippen LogP contribution in [0.15, 0.2) is 60.8 Å². The highest BCUT2D eigenvalue weighted by molar-refractivity contribution is 5.71. The summed E-state index contributed by atoms with van der Waals surface area (Å²) in [6.07, 6.45) is 72.2. The molecule has 0 rings (SSSR count). The Labute approximate surface area is 428 Å². The second-order valence-electron chi connectivity index (χ2n) is 20.0. The molecule has 0 N–H and O–H groups in total. The molecular formula is C63H112O6. The molecule has 0 spiro atoms. The van der Waals surface area contributed by atoms with E-state index in [2.05, 4.69) is 81.5 Å². The smallest absolute Gasteiger partial charge is 0.306 e. The molecule has 0 radical (unpaired) electrons. The molecular weight excluding hydrogens is 853 g/mol. The molecule has 0 aromatic carbocycles. The maximum atomic E-state index is 12.9. The van der Waals surface area contributed by atoms with Gasteiger partial charge in [-0.15, -0.1) is 0 Å². The Morgan fingerprint density at radius 2 is 0.565 bits per heavy atom. The van der Waals surface area contributed by atoms with Crippen LogP contribution in [0.5, 0.6) is 0 Å². The zero-order chi connectivity index (χ0) is 50.0. The molecule has 6 nitrogen and oxygen atoms in total. The first-order valence-electron chi connectivity index (χ1n) is 29.8. The minimum atomic E-state index is -0.782. The minimum absolute atomic E-state index is 0.0802. The second kappa shape index (κ2) is 57.7. The SMILES string of the molecule is CC/C=C/C=C/C=C/CCCCCCCC(=O)OCC(COC(=O)CCCCCCCCCCCC/C=C/C=C/CCCCC)OC(=O)CCCCCCCCCCCCCCCCCCCCC. The lowest BCUT2D eigenvalue weighted by molar-refractivity contribution is -0.167. The summed E-state index contributed by atoms with van der Waals surface area (Å²) >= 11 is 0. The third kappa shape index (κ3) is 55.9. The molecule has 0 aromatic rings. The number of hydrogen-bond donors (Lipinski definition) is 0. The summed E-state index contributed by atoms with van der Waals surface area (Å²) in [6, 6.07) is 0. The average Bonchev–Trinajstić information content (AvgIpc) is 3.35. The van der Waals surface area contributed by atoms with Gasteiger partial charge in [-0.3, -0.25) is 14.4 Å². The summed E-state index contributed by atoms with van der Waals surface area (Å²) in [4.78, 5) is 38.2. The van der Waals surface area contributed by atoms with Crippen molar-refractivity contribution in [1.29, 1.82) is 0 Å². The highest BCUT2D eigenvalue weighted by atomic mass is 16.6. The van der Waals surface area contributed by atoms with Gasteiger partial charge in [0.05, 0.1) is 0 Å². The van der Waals surface area contributed by atoms with Gasteiger partial charge in [-0.05, 0) is 64.2 Å². The molecule has 0 saturated heterocycles. The number of hydrogen-bond acceptors (Lipinski definition) is 6. The van der Waals surface area contributed by atoms with Gasteiger partial charge in [0.1, 0.15) is 13.2 Å². The molecule has 0 aromatic heterocycles. The Morgan fingerprint density at radius 1 is 0.304 bits per heavy atom. The molecule has 69 heavy (non-hydrogen) atoms. The fourth-order valence-corrected chi connectivity index (χ4v) is 8.61. The van der Waals surface area contributed by atoms with Crippen LogP contribution in [-0.4, -0.2) is 37.2 Å². The fraction of sp³-hybridized carbons (Fsp3) is 0.794. The van der Waals surface area contributed by atoms with Crippen molar-refractivity contribution in [2.24, 2.45) is 0 Å². The van der Waals surface area contributed by atoms with Gasteiger partial charge in [-0.25, -0.2) is 0 Å². The summed E-state index contributed by atoms with van der Waals surface area (Å²) in [6.45, 7) is 6.50. The van der Waals surface area contributed by atoms with Crippen LogP contribution in [-0.2, 0) is 28.6 Å². The van der Waals surface area contributed by atoms with Crippen LogP contribution >= 0.6 is 0 Å². The van der Waals surface area contributed by atoms with Gasteiger partial charge in [0.15, 0.2) is 6.10 Å². The first-order chi connectivity index (χ1) is 34.0. The summed E-state index contributed by atoms with van der Waals surface area (Å²) < 4.78 is 16.9. The normalized spacial score (nSPS) is 12.4. The number of carbonyl (C=O) groups excluding carboxylic acids is 3. The first-order valence-corrected chi connectivity index (χ1v) is 29.8. The Kier molecular flexibility index (Phi) is 55.3. The van der Waals surface area contributed by atoms with Crippen molar-refractivity contribution in [3.05, 3.63) is 60.8 Å². The van der Waals surface area contributed by atoms with Crippen molar-refractivity contribution >= 4 is 17.9 Å². The van der Waals surface area contributed by atoms with Gasteiger partial charge in [-0.1, -0.05) is 281 Å². The molecule has 0 bridgehead atoms. The summed E-state index contributed by atoms with van der Waals surface area (Å²) in [5.41, 5.74) is 0. The Bertz CT molecular complexity index is 1250. The molecule has 1 atom stereocenters. The predicted molar refractivity (Wildman–Crippen MR) is 298 cm³/mol. The van der Waals surface area contributed by atoms with Gasteiger partial charge in [0.25, 0.3) is 0 Å². The third-order valence-electron chi connectivity index (χ3n) is 13.1. The van der Waals surface area contributed by atoms with Crippen molar-refractivity contribution in [3.63, 3.8) is 0 Å². The molecule has 6 heteroatoms. The summed E-state index contributed by atoms with van der Waals surface area (Å²) in [5.74, 6) is -0.889. The Morgan fingerprint density at radius 3 is 0.913 bits per heavy atom. The molecule has 0 saturated carbocycles. The zero-order valence-corrected chi connectivity index (χ0v) is 45.8. The van der Waals surface area contributed by atoms with E-state index in [0.717, 1.165) is 83.5 Å². The van der Waals surface area contributed by atoms with Crippen LogP contribution in [0, 0.1) is 0 Å². The van der Waals surface area contributed by atoms with Crippen LogP contribution < -0.4 is 0 Å². The van der Waals surface area contributed by atoms with Crippen molar-refractivity contribution in [2.75, 3.05) is 13.2 Å². The van der Waals surface area contributed by atoms with Crippen LogP contribution in [0.3, 0.4) is 0 Å². The van der Waals surface area contributed by atoms with Gasteiger partial charge in [-0.2, -0.15) is 0 Å². The largest absolute Gasteiger partial charge is 0.462 e. The first kappa shape index (κ1) is 66.1. The van der Waals surface area contributed by atoms with Crippen molar-refractivity contribution in [1.82, 2.24) is 0 Å². The van der Waals surface area contributed by atoms with E-state index >= 15 is 0 Å². The Balaban J connectivity index is 4.34. The lowest BCUT2D eigenvalue weighted by Gasteiger charge is -2.18. The molecule has 0 aliphatic rings. The van der Waals surface area contributed by atoms with E-state index in [9.17, 15) is 14.4 Å². The molecule has 400 valence electrons. The second-order valence-corrected chi connectivity index (χ2v) is 20.0. The lowest BCUT2D eigenvalue weighted by atomic mass is 10.0. The van der Waals surface area contributed by atoms with E-state index in [0.29, 0.717) is 19.3 Å². The van der Waals surface area contributed by atoms with E-state index in [1.807, 2.05) is 0 Å². The van der Waals surface area contributed by atoms with Crippen molar-refractivity contribution in [3.8, 4) is 0 Å². The number of carbonyl (C=O) groups is 3. The maximum absolute atomic E-state index is 12.9. The maximum Gasteiger partial charge on any atom is 0.306 e. The van der Waals surface area contributed by atoms with Crippen LogP contribution in [0.25, 0.3) is 0 Å². The van der Waals surface area contributed by atoms with Gasteiger partial charge in [0, 0.05) is 19.3 Å². The molecule has 0 fully saturated rings. The zero-order valence-electron chi connectivity index (χ0n) is 45.8. The van der Waals surface area contributed by atoms with Crippen molar-refractivity contribution in [2.45, 2.75) is 309 Å². The van der Waals surface area contributed by atoms with Gasteiger partial charge in [0.2, 0.25) is 0 Å². The van der Waals surface area contributed by atoms with Gasteiger partial charge >= 0.3 is 17.9 Å². The number of ether oxygens (including phenoxy) is 3. The van der Waals surface area contributed by atoms with E-state index < -0.39 is 6.10 Å². The molecule has 0 aliphatic heterocycles. The highest BCUT2D eigenvalue weighted by Crippen LogP contribution is 2.17. The molecule has 0 aliphatic carbocycles. The topological polar surface area (TPSA) is 78.9 Å². The van der Waals surface area contributed by atoms with Crippen LogP contribution in [0.2, 0.25) is 0 Å². The van der Waals surface area contributed by atoms with E-state index in [4.69, 9.17) is 14.2 Å². The number of unbranched alkanes of at least 4 members (excludes halogenated alkanes) is 36. The van der Waals surface area contributed by atoms with Crippen LogP contribution in [0.1, 0.15) is 303 Å². The summed E-state index contributed by atoms with van der Waals surface area (Å²) in [5, 5.41) is 0. The number of allylic oxidation sites excluding steroid dienone is 10. The van der Waals surface area contributed by atoms with Gasteiger partial charge < -0.3 is 14.2 Å².